The van der Waals surface area contributed by atoms with Gasteiger partial charge in [0.05, 0.1) is 28.3 Å². The van der Waals surface area contributed by atoms with Crippen molar-refractivity contribution in [2.75, 3.05) is 31.8 Å². The van der Waals surface area contributed by atoms with E-state index in [1.54, 1.807) is 32.9 Å². The van der Waals surface area contributed by atoms with Gasteiger partial charge in [0.2, 0.25) is 10.0 Å². The molecule has 174 valence electrons. The summed E-state index contributed by atoms with van der Waals surface area (Å²) in [5.74, 6) is -0.273. The summed E-state index contributed by atoms with van der Waals surface area (Å²) >= 11 is 6.13. The second-order valence-electron chi connectivity index (χ2n) is 7.93. The van der Waals surface area contributed by atoms with Crippen LogP contribution in [-0.2, 0) is 14.8 Å². The molecule has 0 aromatic heterocycles. The van der Waals surface area contributed by atoms with Crippen molar-refractivity contribution in [3.05, 3.63) is 47.0 Å². The minimum atomic E-state index is -3.75. The quantitative estimate of drug-likeness (QED) is 0.636. The summed E-state index contributed by atoms with van der Waals surface area (Å²) in [4.78, 5) is 24.9. The number of benzene rings is 2. The molecule has 2 rings (SSSR count). The highest BCUT2D eigenvalue weighted by Crippen LogP contribution is 2.29. The van der Waals surface area contributed by atoms with Gasteiger partial charge in [0.25, 0.3) is 5.91 Å². The molecule has 0 saturated carbocycles. The molecule has 0 fully saturated rings. The molecule has 2 aromatic rings. The highest BCUT2D eigenvalue weighted by Gasteiger charge is 2.22. The minimum absolute atomic E-state index is 0.0212. The third-order valence-electron chi connectivity index (χ3n) is 4.05. The lowest BCUT2D eigenvalue weighted by Crippen LogP contribution is -2.27. The van der Waals surface area contributed by atoms with Crippen LogP contribution in [0, 0.1) is 0 Å². The number of carbonyl (C=O) groups excluding carboxylic acids is 2. The van der Waals surface area contributed by atoms with Crippen molar-refractivity contribution in [1.29, 1.82) is 0 Å². The zero-order valence-electron chi connectivity index (χ0n) is 18.6. The van der Waals surface area contributed by atoms with Crippen molar-refractivity contribution in [1.82, 2.24) is 4.31 Å². The van der Waals surface area contributed by atoms with E-state index in [-0.39, 0.29) is 21.2 Å². The first-order chi connectivity index (χ1) is 14.7. The van der Waals surface area contributed by atoms with Crippen molar-refractivity contribution >= 4 is 45.0 Å². The number of sulfonamides is 1. The highest BCUT2D eigenvalue weighted by molar-refractivity contribution is 7.89. The average molecular weight is 484 g/mol. The molecule has 0 spiro atoms. The van der Waals surface area contributed by atoms with Gasteiger partial charge in [-0.15, -0.1) is 0 Å². The Balaban J connectivity index is 2.31. The molecule has 32 heavy (non-hydrogen) atoms. The molecule has 0 saturated heterocycles. The van der Waals surface area contributed by atoms with Gasteiger partial charge < -0.3 is 14.8 Å². The first-order valence-corrected chi connectivity index (χ1v) is 11.3. The summed E-state index contributed by atoms with van der Waals surface area (Å²) in [7, 11) is 0.463. The van der Waals surface area contributed by atoms with Gasteiger partial charge in [0.15, 0.2) is 0 Å². The zero-order valence-corrected chi connectivity index (χ0v) is 20.2. The lowest BCUT2D eigenvalue weighted by atomic mass is 10.2. The molecule has 11 heteroatoms. The zero-order chi connectivity index (χ0) is 24.3. The SMILES string of the molecule is COc1ccc(NC(=O)c2cc(S(=O)(=O)N(C)C)ccc2Cl)cc1NC(=O)OC(C)(C)C. The maximum Gasteiger partial charge on any atom is 0.412 e. The number of carbonyl (C=O) groups is 2. The van der Waals surface area contributed by atoms with Crippen LogP contribution < -0.4 is 15.4 Å². The van der Waals surface area contributed by atoms with E-state index in [2.05, 4.69) is 10.6 Å². The molecule has 0 radical (unpaired) electrons. The van der Waals surface area contributed by atoms with Gasteiger partial charge in [-0.2, -0.15) is 0 Å². The van der Waals surface area contributed by atoms with Gasteiger partial charge in [-0.1, -0.05) is 11.6 Å². The van der Waals surface area contributed by atoms with Gasteiger partial charge in [0, 0.05) is 19.8 Å². The average Bonchev–Trinajstić information content (AvgIpc) is 2.66. The minimum Gasteiger partial charge on any atom is -0.495 e. The molecule has 0 atom stereocenters. The molecule has 0 aliphatic carbocycles. The van der Waals surface area contributed by atoms with E-state index in [0.717, 1.165) is 4.31 Å². The molecule has 0 unspecified atom stereocenters. The fourth-order valence-electron chi connectivity index (χ4n) is 2.55. The number of hydrogen-bond donors (Lipinski definition) is 2. The number of methoxy groups -OCH3 is 1. The molecule has 0 heterocycles. The maximum atomic E-state index is 12.8. The molecule has 2 amide bonds. The van der Waals surface area contributed by atoms with Crippen LogP contribution in [0.2, 0.25) is 5.02 Å². The van der Waals surface area contributed by atoms with E-state index in [1.165, 1.54) is 45.5 Å². The molecular weight excluding hydrogens is 458 g/mol. The monoisotopic (exact) mass is 483 g/mol. The number of anilines is 2. The Bertz CT molecular complexity index is 1130. The normalized spacial score (nSPS) is 11.8. The molecule has 2 N–H and O–H groups in total. The van der Waals surface area contributed by atoms with Crippen LogP contribution in [0.5, 0.6) is 5.75 Å². The van der Waals surface area contributed by atoms with Gasteiger partial charge in [0.1, 0.15) is 11.4 Å². The molecule has 0 bridgehead atoms. The Kier molecular flexibility index (Phi) is 7.76. The number of nitrogens with zero attached hydrogens (tertiary/aromatic N) is 1. The molecule has 0 aliphatic rings. The Morgan fingerprint density at radius 1 is 1.03 bits per heavy atom. The predicted octanol–water partition coefficient (Wildman–Crippen LogP) is 4.20. The van der Waals surface area contributed by atoms with Gasteiger partial charge >= 0.3 is 6.09 Å². The highest BCUT2D eigenvalue weighted by atomic mass is 35.5. The van der Waals surface area contributed by atoms with Crippen molar-refractivity contribution in [2.45, 2.75) is 31.3 Å². The van der Waals surface area contributed by atoms with E-state index in [4.69, 9.17) is 21.1 Å². The Morgan fingerprint density at radius 3 is 2.25 bits per heavy atom. The summed E-state index contributed by atoms with van der Waals surface area (Å²) in [6.45, 7) is 5.19. The topological polar surface area (TPSA) is 114 Å². The Morgan fingerprint density at radius 2 is 1.69 bits per heavy atom. The lowest BCUT2D eigenvalue weighted by molar-refractivity contribution is 0.0635. The molecular formula is C21H26ClN3O6S. The molecule has 0 aliphatic heterocycles. The summed E-state index contributed by atoms with van der Waals surface area (Å²) in [5.41, 5.74) is -0.127. The summed E-state index contributed by atoms with van der Waals surface area (Å²) in [6.07, 6.45) is -0.691. The van der Waals surface area contributed by atoms with E-state index in [0.29, 0.717) is 11.4 Å². The fraction of sp³-hybridized carbons (Fsp3) is 0.333. The lowest BCUT2D eigenvalue weighted by Gasteiger charge is -2.20. The van der Waals surface area contributed by atoms with Crippen LogP contribution in [0.3, 0.4) is 0 Å². The third-order valence-corrected chi connectivity index (χ3v) is 6.19. The Labute approximate surface area is 192 Å². The number of halogens is 1. The van der Waals surface area contributed by atoms with Crippen LogP contribution in [0.1, 0.15) is 31.1 Å². The summed E-state index contributed by atoms with van der Waals surface area (Å²) in [5, 5.41) is 5.30. The maximum absolute atomic E-state index is 12.8. The van der Waals surface area contributed by atoms with Crippen LogP contribution >= 0.6 is 11.6 Å². The van der Waals surface area contributed by atoms with Crippen molar-refractivity contribution < 1.29 is 27.5 Å². The van der Waals surface area contributed by atoms with Gasteiger partial charge in [-0.05, 0) is 57.2 Å². The first-order valence-electron chi connectivity index (χ1n) is 9.46. The largest absolute Gasteiger partial charge is 0.495 e. The third kappa shape index (κ3) is 6.35. The number of hydrogen-bond acceptors (Lipinski definition) is 6. The fourth-order valence-corrected chi connectivity index (χ4v) is 3.68. The van der Waals surface area contributed by atoms with E-state index in [9.17, 15) is 18.0 Å². The molecule has 9 nitrogen and oxygen atoms in total. The van der Waals surface area contributed by atoms with Gasteiger partial charge in [-0.3, -0.25) is 10.1 Å². The van der Waals surface area contributed by atoms with Crippen LogP contribution in [0.25, 0.3) is 0 Å². The van der Waals surface area contributed by atoms with Crippen molar-refractivity contribution in [2.24, 2.45) is 0 Å². The second kappa shape index (κ2) is 9.76. The summed E-state index contributed by atoms with van der Waals surface area (Å²) < 4.78 is 36.3. The Hall–Kier alpha value is -2.82. The van der Waals surface area contributed by atoms with Crippen molar-refractivity contribution in [3.8, 4) is 5.75 Å². The van der Waals surface area contributed by atoms with E-state index >= 15 is 0 Å². The van der Waals surface area contributed by atoms with E-state index < -0.39 is 27.6 Å². The predicted molar refractivity (Wildman–Crippen MR) is 123 cm³/mol. The molecule has 2 aromatic carbocycles. The second-order valence-corrected chi connectivity index (χ2v) is 10.5. The summed E-state index contributed by atoms with van der Waals surface area (Å²) in [6, 6.07) is 8.47. The van der Waals surface area contributed by atoms with Crippen LogP contribution in [-0.4, -0.2) is 51.5 Å². The number of ether oxygens (including phenoxy) is 2. The van der Waals surface area contributed by atoms with Gasteiger partial charge in [-0.25, -0.2) is 17.5 Å². The number of nitrogens with one attached hydrogen (secondary N) is 2. The van der Waals surface area contributed by atoms with Crippen molar-refractivity contribution in [3.63, 3.8) is 0 Å². The smallest absolute Gasteiger partial charge is 0.412 e. The first kappa shape index (κ1) is 25.4. The van der Waals surface area contributed by atoms with E-state index in [1.807, 2.05) is 0 Å². The van der Waals surface area contributed by atoms with Crippen LogP contribution in [0.15, 0.2) is 41.3 Å². The number of rotatable bonds is 6. The number of amides is 2. The van der Waals surface area contributed by atoms with Crippen LogP contribution in [0.4, 0.5) is 16.2 Å². The standard InChI is InChI=1S/C21H26ClN3O6S/c1-21(2,3)31-20(27)24-17-11-13(7-10-18(17)30-6)23-19(26)15-12-14(8-9-16(15)22)32(28,29)25(4)5/h7-12H,1-6H3,(H,23,26)(H,24,27).